The van der Waals surface area contributed by atoms with E-state index >= 15 is 0 Å². The van der Waals surface area contributed by atoms with Gasteiger partial charge in [-0.05, 0) is 73.7 Å². The summed E-state index contributed by atoms with van der Waals surface area (Å²) < 4.78 is 31.2. The summed E-state index contributed by atoms with van der Waals surface area (Å²) in [6.45, 7) is 13.3. The van der Waals surface area contributed by atoms with Crippen molar-refractivity contribution in [2.75, 3.05) is 21.2 Å². The summed E-state index contributed by atoms with van der Waals surface area (Å²) >= 11 is 0. The lowest BCUT2D eigenvalue weighted by atomic mass is 9.75. The summed E-state index contributed by atoms with van der Waals surface area (Å²) in [5.74, 6) is -1.48. The lowest BCUT2D eigenvalue weighted by Crippen LogP contribution is -2.59. The van der Waals surface area contributed by atoms with E-state index < -0.39 is 35.7 Å². The molecular formula is C33H49NO8. The summed E-state index contributed by atoms with van der Waals surface area (Å²) in [6.07, 6.45) is -0.133. The number of esters is 2. The van der Waals surface area contributed by atoms with Crippen LogP contribution >= 0.6 is 0 Å². The van der Waals surface area contributed by atoms with Crippen molar-refractivity contribution in [1.29, 1.82) is 0 Å². The Kier molecular flexibility index (Phi) is 11.1. The Bertz CT molecular complexity index is 1130. The Labute approximate surface area is 250 Å². The van der Waals surface area contributed by atoms with Gasteiger partial charge in [-0.3, -0.25) is 0 Å². The zero-order valence-electron chi connectivity index (χ0n) is 26.8. The minimum atomic E-state index is -0.954. The van der Waals surface area contributed by atoms with Crippen LogP contribution in [0.2, 0.25) is 0 Å². The first-order valence-electron chi connectivity index (χ1n) is 14.8. The molecule has 0 unspecified atom stereocenters. The van der Waals surface area contributed by atoms with Gasteiger partial charge in [-0.25, -0.2) is 9.59 Å². The van der Waals surface area contributed by atoms with Gasteiger partial charge in [0.1, 0.15) is 11.9 Å². The highest BCUT2D eigenvalue weighted by molar-refractivity contribution is 5.90. The van der Waals surface area contributed by atoms with Crippen LogP contribution in [-0.4, -0.2) is 86.2 Å². The molecule has 234 valence electrons. The fourth-order valence-corrected chi connectivity index (χ4v) is 6.24. The molecule has 0 saturated carbocycles. The number of benzene rings is 1. The van der Waals surface area contributed by atoms with Crippen LogP contribution in [0.3, 0.4) is 0 Å². The van der Waals surface area contributed by atoms with Gasteiger partial charge in [-0.15, -0.1) is 0 Å². The molecule has 1 fully saturated rings. The smallest absolute Gasteiger partial charge is 0.338 e. The zero-order chi connectivity index (χ0) is 31.4. The molecule has 2 heterocycles. The molecule has 2 aliphatic rings. The van der Waals surface area contributed by atoms with E-state index in [9.17, 15) is 14.4 Å². The van der Waals surface area contributed by atoms with Gasteiger partial charge in [-0.2, -0.15) is 0 Å². The Morgan fingerprint density at radius 1 is 1.21 bits per heavy atom. The van der Waals surface area contributed by atoms with Gasteiger partial charge in [0.2, 0.25) is 0 Å². The fraction of sp³-hybridized carbons (Fsp3) is 0.667. The van der Waals surface area contributed by atoms with Gasteiger partial charge < -0.3 is 33.4 Å². The van der Waals surface area contributed by atoms with E-state index in [1.807, 2.05) is 66.6 Å². The Morgan fingerprint density at radius 3 is 2.43 bits per heavy atom. The second-order valence-electron chi connectivity index (χ2n) is 13.0. The number of carbonyl (C=O) groups excluding carboxylic acids is 3. The molecule has 0 bridgehead atoms. The predicted molar refractivity (Wildman–Crippen MR) is 159 cm³/mol. The lowest BCUT2D eigenvalue weighted by molar-refractivity contribution is -0.294. The average molecular weight is 588 g/mol. The second-order valence-corrected chi connectivity index (χ2v) is 13.0. The Morgan fingerprint density at radius 2 is 1.86 bits per heavy atom. The number of rotatable bonds is 12. The molecule has 9 heteroatoms. The average Bonchev–Trinajstić information content (AvgIpc) is 2.94. The molecule has 0 radical (unpaired) electrons. The first-order chi connectivity index (χ1) is 19.6. The molecule has 2 aliphatic heterocycles. The molecule has 42 heavy (non-hydrogen) atoms. The summed E-state index contributed by atoms with van der Waals surface area (Å²) in [7, 11) is 5.48. The Balaban J connectivity index is 2.08. The summed E-state index contributed by atoms with van der Waals surface area (Å²) in [6, 6.07) is 8.65. The molecule has 8 atom stereocenters. The standard InChI is InChI=1S/C33H49NO8/c1-20(19-35)17-33(7,38-10)28(22(3)25-18-32(5,6)42-29(36)23(25)4)41-31-27(26(34(8)9)16-21(2)39-31)40-30(37)24-14-12-11-13-15-24/h11-15,19-22,26-28,31H,16-18H2,1-10H3/t20-,21-,22+,26+,27-,28-,31+,33-/m1/s1. The van der Waals surface area contributed by atoms with Crippen LogP contribution in [-0.2, 0) is 33.3 Å². The number of nitrogens with zero attached hydrogens (tertiary/aromatic N) is 1. The van der Waals surface area contributed by atoms with E-state index in [2.05, 4.69) is 0 Å². The van der Waals surface area contributed by atoms with Crippen LogP contribution in [0.5, 0.6) is 0 Å². The molecule has 1 aromatic carbocycles. The molecule has 0 amide bonds. The molecule has 0 aromatic heterocycles. The lowest BCUT2D eigenvalue weighted by Gasteiger charge is -2.48. The molecule has 0 spiro atoms. The van der Waals surface area contributed by atoms with Gasteiger partial charge in [-0.1, -0.05) is 37.6 Å². The highest BCUT2D eigenvalue weighted by Crippen LogP contribution is 2.42. The van der Waals surface area contributed by atoms with E-state index in [0.29, 0.717) is 30.4 Å². The number of likely N-dealkylation sites (N-methyl/N-ethyl adjacent to an activating group) is 1. The minimum Gasteiger partial charge on any atom is -0.456 e. The predicted octanol–water partition coefficient (Wildman–Crippen LogP) is 4.97. The number of hydrogen-bond donors (Lipinski definition) is 0. The van der Waals surface area contributed by atoms with Gasteiger partial charge >= 0.3 is 11.9 Å². The third-order valence-corrected chi connectivity index (χ3v) is 8.59. The molecule has 1 aromatic rings. The monoisotopic (exact) mass is 587 g/mol. The maximum Gasteiger partial charge on any atom is 0.338 e. The van der Waals surface area contributed by atoms with Crippen LogP contribution in [0, 0.1) is 11.8 Å². The van der Waals surface area contributed by atoms with Crippen LogP contribution in [0.25, 0.3) is 0 Å². The number of carbonyl (C=O) groups is 3. The van der Waals surface area contributed by atoms with E-state index in [4.69, 9.17) is 23.7 Å². The highest BCUT2D eigenvalue weighted by Gasteiger charge is 2.49. The van der Waals surface area contributed by atoms with Crippen molar-refractivity contribution >= 4 is 18.2 Å². The van der Waals surface area contributed by atoms with Gasteiger partial charge in [0, 0.05) is 30.9 Å². The van der Waals surface area contributed by atoms with Gasteiger partial charge in [0.05, 0.1) is 29.4 Å². The maximum absolute atomic E-state index is 13.3. The number of hydrogen-bond acceptors (Lipinski definition) is 9. The van der Waals surface area contributed by atoms with Gasteiger partial charge in [0.25, 0.3) is 0 Å². The number of ether oxygens (including phenoxy) is 5. The van der Waals surface area contributed by atoms with Crippen molar-refractivity contribution in [1.82, 2.24) is 4.90 Å². The van der Waals surface area contributed by atoms with Crippen LogP contribution < -0.4 is 0 Å². The first kappa shape index (κ1) is 33.9. The van der Waals surface area contributed by atoms with Crippen molar-refractivity contribution in [3.63, 3.8) is 0 Å². The van der Waals surface area contributed by atoms with Crippen LogP contribution in [0.1, 0.15) is 78.1 Å². The summed E-state index contributed by atoms with van der Waals surface area (Å²) in [5.41, 5.74) is 0.221. The minimum absolute atomic E-state index is 0.183. The Hall–Kier alpha value is -2.59. The third kappa shape index (κ3) is 7.86. The van der Waals surface area contributed by atoms with Crippen molar-refractivity contribution in [2.24, 2.45) is 11.8 Å². The van der Waals surface area contributed by atoms with E-state index in [0.717, 1.165) is 11.9 Å². The van der Waals surface area contributed by atoms with Crippen molar-refractivity contribution in [3.05, 3.63) is 47.0 Å². The quantitative estimate of drug-likeness (QED) is 0.248. The number of aldehydes is 1. The first-order valence-corrected chi connectivity index (χ1v) is 14.8. The third-order valence-electron chi connectivity index (χ3n) is 8.59. The SMILES string of the molecule is CO[C@](C)(C[C@@H](C)C=O)[C@H](O[C@@H]1O[C@H](C)C[C@H](N(C)C)[C@H]1OC(=O)c1ccccc1)[C@@H](C)C1=C(C)C(=O)OC(C)(C)C1. The van der Waals surface area contributed by atoms with Crippen molar-refractivity contribution in [2.45, 2.75) is 110 Å². The van der Waals surface area contributed by atoms with Crippen LogP contribution in [0.4, 0.5) is 0 Å². The second kappa shape index (κ2) is 13.8. The van der Waals surface area contributed by atoms with Gasteiger partial charge in [0.15, 0.2) is 12.4 Å². The van der Waals surface area contributed by atoms with Crippen molar-refractivity contribution < 1.29 is 38.1 Å². The molecule has 0 N–H and O–H groups in total. The number of cyclic esters (lactones) is 1. The van der Waals surface area contributed by atoms with E-state index in [1.54, 1.807) is 38.3 Å². The molecule has 0 aliphatic carbocycles. The fourth-order valence-electron chi connectivity index (χ4n) is 6.24. The largest absolute Gasteiger partial charge is 0.456 e. The zero-order valence-corrected chi connectivity index (χ0v) is 26.8. The van der Waals surface area contributed by atoms with E-state index in [-0.39, 0.29) is 30.0 Å². The highest BCUT2D eigenvalue weighted by atomic mass is 16.7. The maximum atomic E-state index is 13.3. The molecule has 3 rings (SSSR count). The van der Waals surface area contributed by atoms with E-state index in [1.165, 1.54) is 0 Å². The topological polar surface area (TPSA) is 101 Å². The number of methoxy groups -OCH3 is 1. The molecule has 9 nitrogen and oxygen atoms in total. The molecule has 1 saturated heterocycles. The molecular weight excluding hydrogens is 538 g/mol. The summed E-state index contributed by atoms with van der Waals surface area (Å²) in [4.78, 5) is 40.0. The summed E-state index contributed by atoms with van der Waals surface area (Å²) in [5, 5.41) is 0. The van der Waals surface area contributed by atoms with Crippen molar-refractivity contribution in [3.8, 4) is 0 Å². The normalized spacial score (nSPS) is 27.9. The van der Waals surface area contributed by atoms with Crippen LogP contribution in [0.15, 0.2) is 41.5 Å².